The smallest absolute Gasteiger partial charge is 0.336 e. The summed E-state index contributed by atoms with van der Waals surface area (Å²) in [4.78, 5) is 40.0. The van der Waals surface area contributed by atoms with Crippen molar-refractivity contribution in [2.45, 2.75) is 51.1 Å². The second-order valence-electron chi connectivity index (χ2n) is 8.40. The standard InChI is InChI=1S/C25H24N2O4/c1-2-11-25(19-9-4-3-5-10-19)23(29)27(24(30)26-25)15-18-14-22(28)31-21-13-17-8-6-7-16(17)12-20(18)21/h3-5,9-10,12-14H,2,6-8,11,15H2,1H3,(H,26,30). The van der Waals surface area contributed by atoms with E-state index in [1.54, 1.807) is 0 Å². The van der Waals surface area contributed by atoms with Crippen LogP contribution in [0.4, 0.5) is 4.79 Å². The average Bonchev–Trinajstić information content (AvgIpc) is 3.31. The van der Waals surface area contributed by atoms with Crippen molar-refractivity contribution >= 4 is 22.9 Å². The van der Waals surface area contributed by atoms with Crippen LogP contribution in [-0.2, 0) is 29.7 Å². The van der Waals surface area contributed by atoms with Gasteiger partial charge in [-0.25, -0.2) is 9.59 Å². The van der Waals surface area contributed by atoms with Crippen LogP contribution in [0.15, 0.2) is 57.7 Å². The van der Waals surface area contributed by atoms with E-state index in [2.05, 4.69) is 5.32 Å². The Bertz CT molecular complexity index is 1250. The van der Waals surface area contributed by atoms with Crippen molar-refractivity contribution < 1.29 is 14.0 Å². The number of rotatable bonds is 5. The third kappa shape index (κ3) is 3.14. The number of nitrogens with one attached hydrogen (secondary N) is 1. The van der Waals surface area contributed by atoms with E-state index in [0.717, 1.165) is 36.6 Å². The monoisotopic (exact) mass is 416 g/mol. The summed E-state index contributed by atoms with van der Waals surface area (Å²) in [5.74, 6) is -0.284. The molecule has 1 saturated heterocycles. The maximum Gasteiger partial charge on any atom is 0.336 e. The molecule has 2 aliphatic rings. The molecule has 158 valence electrons. The van der Waals surface area contributed by atoms with E-state index in [-0.39, 0.29) is 12.5 Å². The number of benzene rings is 2. The molecule has 2 heterocycles. The first-order chi connectivity index (χ1) is 15.0. The highest BCUT2D eigenvalue weighted by Gasteiger charge is 2.51. The van der Waals surface area contributed by atoms with Crippen molar-refractivity contribution in [1.29, 1.82) is 0 Å². The van der Waals surface area contributed by atoms with Gasteiger partial charge in [-0.15, -0.1) is 0 Å². The summed E-state index contributed by atoms with van der Waals surface area (Å²) in [5.41, 5.74) is 2.80. The molecule has 3 aromatic rings. The fraction of sp³-hybridized carbons (Fsp3) is 0.320. The number of nitrogens with zero attached hydrogens (tertiary/aromatic N) is 1. The molecule has 0 radical (unpaired) electrons. The van der Waals surface area contributed by atoms with Gasteiger partial charge in [0, 0.05) is 11.5 Å². The van der Waals surface area contributed by atoms with Gasteiger partial charge in [-0.1, -0.05) is 43.7 Å². The first kappa shape index (κ1) is 19.5. The zero-order valence-electron chi connectivity index (χ0n) is 17.4. The number of imide groups is 1. The normalized spacial score (nSPS) is 20.4. The van der Waals surface area contributed by atoms with E-state index < -0.39 is 17.2 Å². The number of hydrogen-bond donors (Lipinski definition) is 1. The van der Waals surface area contributed by atoms with Gasteiger partial charge in [0.15, 0.2) is 0 Å². The largest absolute Gasteiger partial charge is 0.423 e. The van der Waals surface area contributed by atoms with Gasteiger partial charge in [0.2, 0.25) is 0 Å². The molecule has 6 heteroatoms. The van der Waals surface area contributed by atoms with Crippen LogP contribution in [0.3, 0.4) is 0 Å². The maximum absolute atomic E-state index is 13.6. The summed E-state index contributed by atoms with van der Waals surface area (Å²) in [7, 11) is 0. The van der Waals surface area contributed by atoms with Crippen molar-refractivity contribution in [3.63, 3.8) is 0 Å². The van der Waals surface area contributed by atoms with E-state index in [1.807, 2.05) is 49.4 Å². The van der Waals surface area contributed by atoms with Crippen molar-refractivity contribution in [1.82, 2.24) is 10.2 Å². The third-order valence-electron chi connectivity index (χ3n) is 6.44. The summed E-state index contributed by atoms with van der Waals surface area (Å²) in [5, 5.41) is 3.73. The summed E-state index contributed by atoms with van der Waals surface area (Å²) >= 11 is 0. The summed E-state index contributed by atoms with van der Waals surface area (Å²) < 4.78 is 5.44. The van der Waals surface area contributed by atoms with Crippen LogP contribution in [0.25, 0.3) is 11.0 Å². The molecular weight excluding hydrogens is 392 g/mol. The van der Waals surface area contributed by atoms with Crippen LogP contribution >= 0.6 is 0 Å². The number of carbonyl (C=O) groups excluding carboxylic acids is 2. The highest BCUT2D eigenvalue weighted by atomic mass is 16.4. The minimum Gasteiger partial charge on any atom is -0.423 e. The first-order valence-corrected chi connectivity index (χ1v) is 10.8. The molecule has 1 aliphatic heterocycles. The highest BCUT2D eigenvalue weighted by molar-refractivity contribution is 6.07. The molecule has 1 atom stereocenters. The van der Waals surface area contributed by atoms with Crippen LogP contribution < -0.4 is 10.9 Å². The minimum absolute atomic E-state index is 0.0316. The lowest BCUT2D eigenvalue weighted by atomic mass is 9.85. The fourth-order valence-corrected chi connectivity index (χ4v) is 4.97. The Morgan fingerprint density at radius 3 is 2.52 bits per heavy atom. The molecule has 1 N–H and O–H groups in total. The van der Waals surface area contributed by atoms with Gasteiger partial charge < -0.3 is 9.73 Å². The number of carbonyl (C=O) groups is 2. The Labute approximate surface area is 179 Å². The van der Waals surface area contributed by atoms with E-state index in [9.17, 15) is 14.4 Å². The lowest BCUT2D eigenvalue weighted by Gasteiger charge is -2.27. The van der Waals surface area contributed by atoms with Crippen LogP contribution in [0.1, 0.15) is 48.4 Å². The van der Waals surface area contributed by atoms with Crippen molar-refractivity contribution in [2.24, 2.45) is 0 Å². The van der Waals surface area contributed by atoms with E-state index in [4.69, 9.17) is 4.42 Å². The van der Waals surface area contributed by atoms with Crippen molar-refractivity contribution in [2.75, 3.05) is 0 Å². The lowest BCUT2D eigenvalue weighted by Crippen LogP contribution is -2.43. The van der Waals surface area contributed by atoms with E-state index in [1.165, 1.54) is 22.1 Å². The molecule has 1 aliphatic carbocycles. The number of urea groups is 1. The SMILES string of the molecule is CCCC1(c2ccccc2)NC(=O)N(Cc2cc(=O)oc3cc4c(cc23)CCC4)C1=O. The molecule has 0 saturated carbocycles. The molecule has 1 aromatic heterocycles. The second kappa shape index (κ2) is 7.38. The zero-order chi connectivity index (χ0) is 21.6. The van der Waals surface area contributed by atoms with Gasteiger partial charge in [0.1, 0.15) is 11.1 Å². The predicted octanol–water partition coefficient (Wildman–Crippen LogP) is 4.03. The van der Waals surface area contributed by atoms with E-state index >= 15 is 0 Å². The molecule has 6 nitrogen and oxygen atoms in total. The van der Waals surface area contributed by atoms with Gasteiger partial charge in [-0.3, -0.25) is 9.69 Å². The average molecular weight is 416 g/mol. The highest BCUT2D eigenvalue weighted by Crippen LogP contribution is 2.35. The van der Waals surface area contributed by atoms with Gasteiger partial charge >= 0.3 is 11.7 Å². The van der Waals surface area contributed by atoms with Crippen LogP contribution in [-0.4, -0.2) is 16.8 Å². The fourth-order valence-electron chi connectivity index (χ4n) is 4.97. The first-order valence-electron chi connectivity index (χ1n) is 10.8. The zero-order valence-corrected chi connectivity index (χ0v) is 17.4. The quantitative estimate of drug-likeness (QED) is 0.503. The van der Waals surface area contributed by atoms with E-state index in [0.29, 0.717) is 17.6 Å². The second-order valence-corrected chi connectivity index (χ2v) is 8.40. The Balaban J connectivity index is 1.56. The van der Waals surface area contributed by atoms with Crippen molar-refractivity contribution in [3.05, 3.63) is 81.2 Å². The summed E-state index contributed by atoms with van der Waals surface area (Å²) in [6, 6.07) is 14.3. The third-order valence-corrected chi connectivity index (χ3v) is 6.44. The van der Waals surface area contributed by atoms with Crippen LogP contribution in [0, 0.1) is 0 Å². The molecule has 0 bridgehead atoms. The molecule has 1 unspecified atom stereocenters. The Morgan fingerprint density at radius 2 is 1.77 bits per heavy atom. The Morgan fingerprint density at radius 1 is 1.03 bits per heavy atom. The molecule has 3 amide bonds. The Kier molecular flexibility index (Phi) is 4.65. The van der Waals surface area contributed by atoms with Gasteiger partial charge in [0.05, 0.1) is 6.54 Å². The predicted molar refractivity (Wildman–Crippen MR) is 117 cm³/mol. The molecule has 31 heavy (non-hydrogen) atoms. The number of aryl methyl sites for hydroxylation is 2. The molecule has 5 rings (SSSR count). The van der Waals surface area contributed by atoms with Crippen LogP contribution in [0.2, 0.25) is 0 Å². The Hall–Kier alpha value is -3.41. The number of fused-ring (bicyclic) bond motifs is 2. The molecule has 1 fully saturated rings. The van der Waals surface area contributed by atoms with Gasteiger partial charge in [-0.05, 0) is 60.1 Å². The maximum atomic E-state index is 13.6. The molecule has 2 aromatic carbocycles. The number of amides is 3. The topological polar surface area (TPSA) is 79.6 Å². The summed E-state index contributed by atoms with van der Waals surface area (Å²) in [6.45, 7) is 2.02. The van der Waals surface area contributed by atoms with Crippen LogP contribution in [0.5, 0.6) is 0 Å². The minimum atomic E-state index is -1.08. The molecule has 0 spiro atoms. The summed E-state index contributed by atoms with van der Waals surface area (Å²) in [6.07, 6.45) is 4.28. The van der Waals surface area contributed by atoms with Crippen molar-refractivity contribution in [3.8, 4) is 0 Å². The molecular formula is C25H24N2O4. The number of hydrogen-bond acceptors (Lipinski definition) is 4. The van der Waals surface area contributed by atoms with Gasteiger partial charge in [0.25, 0.3) is 5.91 Å². The lowest BCUT2D eigenvalue weighted by molar-refractivity contribution is -0.132. The van der Waals surface area contributed by atoms with Gasteiger partial charge in [-0.2, -0.15) is 0 Å².